The van der Waals surface area contributed by atoms with Crippen LogP contribution in [0.2, 0.25) is 0 Å². The number of aromatic carboxylic acids is 1. The van der Waals surface area contributed by atoms with Crippen LogP contribution in [0, 0.1) is 0 Å². The molecule has 18 heavy (non-hydrogen) atoms. The number of aromatic amines is 1. The summed E-state index contributed by atoms with van der Waals surface area (Å²) in [4.78, 5) is 25.9. The van der Waals surface area contributed by atoms with E-state index in [1.165, 1.54) is 12.3 Å². The maximum atomic E-state index is 11.7. The van der Waals surface area contributed by atoms with Gasteiger partial charge in [-0.2, -0.15) is 0 Å². The molecule has 1 aliphatic rings. The van der Waals surface area contributed by atoms with E-state index in [2.05, 4.69) is 4.98 Å². The van der Waals surface area contributed by atoms with E-state index < -0.39 is 5.97 Å². The van der Waals surface area contributed by atoms with Gasteiger partial charge in [-0.3, -0.25) is 4.79 Å². The normalized spacial score (nSPS) is 16.4. The first-order chi connectivity index (χ1) is 8.68. The maximum Gasteiger partial charge on any atom is 0.341 e. The number of carboxylic acid groups (broad SMARTS) is 1. The minimum Gasteiger partial charge on any atom is -0.477 e. The summed E-state index contributed by atoms with van der Waals surface area (Å²) < 4.78 is 5.55. The van der Waals surface area contributed by atoms with Crippen molar-refractivity contribution in [1.29, 1.82) is 0 Å². The summed E-state index contributed by atoms with van der Waals surface area (Å²) in [6.45, 7) is 0. The van der Waals surface area contributed by atoms with Crippen LogP contribution < -0.4 is 5.43 Å². The van der Waals surface area contributed by atoms with Crippen LogP contribution in [0.4, 0.5) is 0 Å². The van der Waals surface area contributed by atoms with E-state index in [0.29, 0.717) is 11.3 Å². The molecular formula is C13H13NO4. The number of fused-ring (bicyclic) bond motifs is 1. The van der Waals surface area contributed by atoms with E-state index in [1.807, 2.05) is 0 Å². The fourth-order valence-electron chi connectivity index (χ4n) is 2.72. The first-order valence-electron chi connectivity index (χ1n) is 6.06. The van der Waals surface area contributed by atoms with Gasteiger partial charge in [-0.25, -0.2) is 4.79 Å². The van der Waals surface area contributed by atoms with Gasteiger partial charge in [-0.05, 0) is 12.8 Å². The monoisotopic (exact) mass is 247 g/mol. The third-order valence-corrected chi connectivity index (χ3v) is 3.56. The van der Waals surface area contributed by atoms with Gasteiger partial charge in [0.1, 0.15) is 16.8 Å². The van der Waals surface area contributed by atoms with Crippen molar-refractivity contribution in [2.75, 3.05) is 0 Å². The van der Waals surface area contributed by atoms with Crippen LogP contribution in [0.3, 0.4) is 0 Å². The van der Waals surface area contributed by atoms with Crippen LogP contribution in [-0.2, 0) is 0 Å². The van der Waals surface area contributed by atoms with Gasteiger partial charge in [0.25, 0.3) is 0 Å². The smallest absolute Gasteiger partial charge is 0.341 e. The largest absolute Gasteiger partial charge is 0.477 e. The highest BCUT2D eigenvalue weighted by Gasteiger charge is 2.29. The quantitative estimate of drug-likeness (QED) is 0.853. The number of carboxylic acids is 1. The van der Waals surface area contributed by atoms with Crippen LogP contribution in [0.15, 0.2) is 21.5 Å². The highest BCUT2D eigenvalue weighted by molar-refractivity contribution is 6.01. The van der Waals surface area contributed by atoms with Crippen LogP contribution in [0.5, 0.6) is 0 Å². The molecule has 5 nitrogen and oxygen atoms in total. The Bertz CT molecular complexity index is 661. The predicted octanol–water partition coefficient (Wildman–Crippen LogP) is 2.48. The molecule has 2 heterocycles. The average Bonchev–Trinajstić information content (AvgIpc) is 2.95. The van der Waals surface area contributed by atoms with Gasteiger partial charge in [0.2, 0.25) is 5.43 Å². The molecule has 94 valence electrons. The summed E-state index contributed by atoms with van der Waals surface area (Å²) in [7, 11) is 0. The molecule has 1 saturated carbocycles. The number of pyridine rings is 1. The zero-order chi connectivity index (χ0) is 12.7. The number of furan rings is 1. The molecule has 2 N–H and O–H groups in total. The summed E-state index contributed by atoms with van der Waals surface area (Å²) in [6.07, 6.45) is 5.46. The van der Waals surface area contributed by atoms with Crippen LogP contribution in [0.25, 0.3) is 11.1 Å². The van der Waals surface area contributed by atoms with Crippen molar-refractivity contribution in [3.8, 4) is 0 Å². The molecule has 0 aromatic carbocycles. The minimum absolute atomic E-state index is 0.120. The van der Waals surface area contributed by atoms with Gasteiger partial charge < -0.3 is 14.5 Å². The zero-order valence-electron chi connectivity index (χ0n) is 9.73. The molecule has 0 aliphatic heterocycles. The third-order valence-electron chi connectivity index (χ3n) is 3.56. The molecule has 0 saturated heterocycles. The molecule has 3 rings (SSSR count). The molecule has 0 atom stereocenters. The molecule has 2 aromatic heterocycles. The number of hydrogen-bond acceptors (Lipinski definition) is 3. The second kappa shape index (κ2) is 4.01. The Morgan fingerprint density at radius 3 is 2.78 bits per heavy atom. The molecule has 1 aliphatic carbocycles. The summed E-state index contributed by atoms with van der Waals surface area (Å²) in [6, 6.07) is 1.34. The first-order valence-corrected chi connectivity index (χ1v) is 6.06. The van der Waals surface area contributed by atoms with Crippen LogP contribution in [0.1, 0.15) is 47.7 Å². The van der Waals surface area contributed by atoms with Crippen molar-refractivity contribution in [1.82, 2.24) is 4.98 Å². The minimum atomic E-state index is -1.04. The van der Waals surface area contributed by atoms with Crippen LogP contribution >= 0.6 is 0 Å². The molecule has 0 spiro atoms. The van der Waals surface area contributed by atoms with E-state index in [4.69, 9.17) is 4.42 Å². The topological polar surface area (TPSA) is 83.3 Å². The Morgan fingerprint density at radius 1 is 1.39 bits per heavy atom. The second-order valence-corrected chi connectivity index (χ2v) is 4.67. The van der Waals surface area contributed by atoms with Gasteiger partial charge >= 0.3 is 5.97 Å². The molecule has 2 aromatic rings. The Kier molecular flexibility index (Phi) is 2.47. The standard InChI is InChI=1S/C13H13NO4/c15-8-5-6-14-10-9(13(16)17)11(18-12(8)10)7-3-1-2-4-7/h5-7H,1-4H2,(H,14,15)(H,16,17). The zero-order valence-corrected chi connectivity index (χ0v) is 9.73. The number of rotatable bonds is 2. The molecular weight excluding hydrogens is 234 g/mol. The Hall–Kier alpha value is -2.04. The van der Waals surface area contributed by atoms with E-state index in [-0.39, 0.29) is 22.5 Å². The van der Waals surface area contributed by atoms with E-state index >= 15 is 0 Å². The van der Waals surface area contributed by atoms with Gasteiger partial charge in [-0.1, -0.05) is 12.8 Å². The van der Waals surface area contributed by atoms with Crippen molar-refractivity contribution < 1.29 is 14.3 Å². The summed E-state index contributed by atoms with van der Waals surface area (Å²) >= 11 is 0. The molecule has 0 bridgehead atoms. The van der Waals surface area contributed by atoms with Crippen molar-refractivity contribution >= 4 is 17.1 Å². The lowest BCUT2D eigenvalue weighted by atomic mass is 10.0. The lowest BCUT2D eigenvalue weighted by molar-refractivity contribution is 0.0695. The Morgan fingerprint density at radius 2 is 2.11 bits per heavy atom. The molecule has 0 unspecified atom stereocenters. The van der Waals surface area contributed by atoms with E-state index in [0.717, 1.165) is 25.7 Å². The number of H-pyrrole nitrogens is 1. The summed E-state index contributed by atoms with van der Waals surface area (Å²) in [5.41, 5.74) is 0.263. The molecule has 0 radical (unpaired) electrons. The van der Waals surface area contributed by atoms with Crippen LogP contribution in [-0.4, -0.2) is 16.1 Å². The number of carbonyl (C=O) groups is 1. The molecule has 1 fully saturated rings. The number of nitrogens with one attached hydrogen (secondary N) is 1. The van der Waals surface area contributed by atoms with Gasteiger partial charge in [0.15, 0.2) is 5.58 Å². The Balaban J connectivity index is 2.30. The van der Waals surface area contributed by atoms with Crippen molar-refractivity contribution in [2.24, 2.45) is 0 Å². The van der Waals surface area contributed by atoms with Crippen molar-refractivity contribution in [2.45, 2.75) is 31.6 Å². The van der Waals surface area contributed by atoms with E-state index in [1.54, 1.807) is 0 Å². The Labute approximate surface area is 102 Å². The highest BCUT2D eigenvalue weighted by Crippen LogP contribution is 2.38. The summed E-state index contributed by atoms with van der Waals surface area (Å²) in [5.74, 6) is -0.469. The fraction of sp³-hybridized carbons (Fsp3) is 0.385. The SMILES string of the molecule is O=C(O)c1c(C2CCCC2)oc2c(=O)cc[nH]c12. The molecule has 0 amide bonds. The molecule has 5 heteroatoms. The average molecular weight is 247 g/mol. The second-order valence-electron chi connectivity index (χ2n) is 4.67. The van der Waals surface area contributed by atoms with Gasteiger partial charge in [-0.15, -0.1) is 0 Å². The number of hydrogen-bond donors (Lipinski definition) is 2. The lowest BCUT2D eigenvalue weighted by Crippen LogP contribution is -2.03. The van der Waals surface area contributed by atoms with Gasteiger partial charge in [0.05, 0.1) is 0 Å². The highest BCUT2D eigenvalue weighted by atomic mass is 16.4. The number of aromatic nitrogens is 1. The first kappa shape index (κ1) is 11.1. The predicted molar refractivity (Wildman–Crippen MR) is 65.0 cm³/mol. The third kappa shape index (κ3) is 1.54. The summed E-state index contributed by atoms with van der Waals surface area (Å²) in [5, 5.41) is 9.32. The van der Waals surface area contributed by atoms with Crippen molar-refractivity contribution in [3.05, 3.63) is 33.8 Å². The van der Waals surface area contributed by atoms with Crippen molar-refractivity contribution in [3.63, 3.8) is 0 Å². The van der Waals surface area contributed by atoms with Gasteiger partial charge in [0, 0.05) is 18.2 Å². The maximum absolute atomic E-state index is 11.7. The fourth-order valence-corrected chi connectivity index (χ4v) is 2.72. The van der Waals surface area contributed by atoms with E-state index in [9.17, 15) is 14.7 Å². The lowest BCUT2D eigenvalue weighted by Gasteiger charge is -2.05.